The van der Waals surface area contributed by atoms with Crippen LogP contribution in [0.4, 0.5) is 0 Å². The van der Waals surface area contributed by atoms with E-state index in [0.717, 1.165) is 11.1 Å². The molecule has 3 rings (SSSR count). The standard InChI is InChI=1S/C28H28ClNO5/c1-18(2)35-26-13-12-22(16-24(26)29)28(34)30-23(17-27(32)33)14-19-8-10-20(11-9-19)15-25(31)21-6-4-3-5-7-21/h3-13,16,18,23H,14-15,17H2,1-2H3,(H,30,34)(H,32,33)/t23-/m0/s1. The van der Waals surface area contributed by atoms with Gasteiger partial charge in [0.1, 0.15) is 5.75 Å². The van der Waals surface area contributed by atoms with E-state index in [-0.39, 0.29) is 24.7 Å². The highest BCUT2D eigenvalue weighted by atomic mass is 35.5. The fourth-order valence-electron chi connectivity index (χ4n) is 3.63. The maximum atomic E-state index is 12.8. The zero-order valence-electron chi connectivity index (χ0n) is 19.7. The van der Waals surface area contributed by atoms with E-state index in [0.29, 0.717) is 28.3 Å². The Morgan fingerprint density at radius 1 is 0.914 bits per heavy atom. The molecule has 0 aliphatic rings. The summed E-state index contributed by atoms with van der Waals surface area (Å²) in [5, 5.41) is 12.4. The molecule has 1 atom stereocenters. The second-order valence-electron chi connectivity index (χ2n) is 8.57. The molecule has 6 nitrogen and oxygen atoms in total. The lowest BCUT2D eigenvalue weighted by Gasteiger charge is -2.18. The molecular weight excluding hydrogens is 466 g/mol. The first-order valence-corrected chi connectivity index (χ1v) is 11.7. The van der Waals surface area contributed by atoms with Crippen LogP contribution in [0.5, 0.6) is 5.75 Å². The van der Waals surface area contributed by atoms with Crippen LogP contribution >= 0.6 is 11.6 Å². The molecule has 0 aliphatic heterocycles. The van der Waals surface area contributed by atoms with E-state index in [1.165, 1.54) is 6.07 Å². The van der Waals surface area contributed by atoms with E-state index in [4.69, 9.17) is 16.3 Å². The molecule has 1 amide bonds. The van der Waals surface area contributed by atoms with E-state index >= 15 is 0 Å². The number of carbonyl (C=O) groups is 3. The Morgan fingerprint density at radius 3 is 2.17 bits per heavy atom. The van der Waals surface area contributed by atoms with Gasteiger partial charge in [-0.25, -0.2) is 0 Å². The molecule has 3 aromatic rings. The topological polar surface area (TPSA) is 92.7 Å². The molecule has 0 spiro atoms. The molecule has 182 valence electrons. The Hall–Kier alpha value is -3.64. The maximum Gasteiger partial charge on any atom is 0.305 e. The lowest BCUT2D eigenvalue weighted by atomic mass is 9.98. The molecule has 0 saturated carbocycles. The molecule has 35 heavy (non-hydrogen) atoms. The molecule has 0 fully saturated rings. The Bertz CT molecular complexity index is 1180. The van der Waals surface area contributed by atoms with E-state index in [2.05, 4.69) is 5.32 Å². The number of amides is 1. The first kappa shape index (κ1) is 26.0. The highest BCUT2D eigenvalue weighted by Gasteiger charge is 2.19. The molecule has 0 aromatic heterocycles. The number of aliphatic carboxylic acids is 1. The van der Waals surface area contributed by atoms with E-state index < -0.39 is 17.9 Å². The SMILES string of the molecule is CC(C)Oc1ccc(C(=O)N[C@H](CC(=O)O)Cc2ccc(CC(=O)c3ccccc3)cc2)cc1Cl. The average Bonchev–Trinajstić information content (AvgIpc) is 2.81. The van der Waals surface area contributed by atoms with Crippen molar-refractivity contribution in [3.8, 4) is 5.75 Å². The van der Waals surface area contributed by atoms with Crippen molar-refractivity contribution >= 4 is 29.3 Å². The van der Waals surface area contributed by atoms with Gasteiger partial charge < -0.3 is 15.2 Å². The fourth-order valence-corrected chi connectivity index (χ4v) is 3.86. The largest absolute Gasteiger partial charge is 0.489 e. The average molecular weight is 494 g/mol. The van der Waals surface area contributed by atoms with Crippen molar-refractivity contribution in [2.24, 2.45) is 0 Å². The van der Waals surface area contributed by atoms with Gasteiger partial charge in [0.25, 0.3) is 5.91 Å². The number of rotatable bonds is 11. The summed E-state index contributed by atoms with van der Waals surface area (Å²) in [6.07, 6.45) is 0.307. The minimum Gasteiger partial charge on any atom is -0.489 e. The number of nitrogens with one attached hydrogen (secondary N) is 1. The van der Waals surface area contributed by atoms with E-state index in [9.17, 15) is 19.5 Å². The quantitative estimate of drug-likeness (QED) is 0.350. The molecule has 0 heterocycles. The van der Waals surface area contributed by atoms with Crippen LogP contribution in [0.15, 0.2) is 72.8 Å². The molecule has 0 aliphatic carbocycles. The minimum absolute atomic E-state index is 0.0258. The zero-order chi connectivity index (χ0) is 25.4. The van der Waals surface area contributed by atoms with Crippen molar-refractivity contribution in [2.75, 3.05) is 0 Å². The van der Waals surface area contributed by atoms with Crippen LogP contribution < -0.4 is 10.1 Å². The predicted octanol–water partition coefficient (Wildman–Crippen LogP) is 5.37. The second-order valence-corrected chi connectivity index (χ2v) is 8.97. The first-order valence-electron chi connectivity index (χ1n) is 11.4. The van der Waals surface area contributed by atoms with Gasteiger partial charge in [0, 0.05) is 23.6 Å². The molecule has 0 radical (unpaired) electrons. The predicted molar refractivity (Wildman–Crippen MR) is 135 cm³/mol. The summed E-state index contributed by atoms with van der Waals surface area (Å²) >= 11 is 6.23. The van der Waals surface area contributed by atoms with Crippen molar-refractivity contribution in [1.82, 2.24) is 5.32 Å². The minimum atomic E-state index is -1.01. The van der Waals surface area contributed by atoms with Crippen molar-refractivity contribution in [1.29, 1.82) is 0 Å². The third-order valence-corrected chi connectivity index (χ3v) is 5.57. The van der Waals surface area contributed by atoms with Gasteiger partial charge in [0.05, 0.1) is 17.5 Å². The summed E-state index contributed by atoms with van der Waals surface area (Å²) in [6.45, 7) is 3.75. The molecule has 2 N–H and O–H groups in total. The lowest BCUT2D eigenvalue weighted by Crippen LogP contribution is -2.38. The van der Waals surface area contributed by atoms with Crippen LogP contribution in [0.3, 0.4) is 0 Å². The van der Waals surface area contributed by atoms with Crippen molar-refractivity contribution in [3.05, 3.63) is 100 Å². The number of ether oxygens (including phenoxy) is 1. The molecule has 0 unspecified atom stereocenters. The van der Waals surface area contributed by atoms with Crippen LogP contribution in [0.25, 0.3) is 0 Å². The third-order valence-electron chi connectivity index (χ3n) is 5.28. The van der Waals surface area contributed by atoms with Gasteiger partial charge in [0.2, 0.25) is 0 Å². The number of hydrogen-bond acceptors (Lipinski definition) is 4. The van der Waals surface area contributed by atoms with Gasteiger partial charge >= 0.3 is 5.97 Å². The van der Waals surface area contributed by atoms with E-state index in [1.54, 1.807) is 24.3 Å². The molecular formula is C28H28ClNO5. The number of hydrogen-bond donors (Lipinski definition) is 2. The summed E-state index contributed by atoms with van der Waals surface area (Å²) in [5.74, 6) is -0.928. The van der Waals surface area contributed by atoms with Crippen molar-refractivity contribution < 1.29 is 24.2 Å². The molecule has 3 aromatic carbocycles. The van der Waals surface area contributed by atoms with Gasteiger partial charge in [-0.1, -0.05) is 66.2 Å². The van der Waals surface area contributed by atoms with Gasteiger partial charge in [0.15, 0.2) is 5.78 Å². The highest BCUT2D eigenvalue weighted by molar-refractivity contribution is 6.32. The summed E-state index contributed by atoms with van der Waals surface area (Å²) < 4.78 is 5.59. The summed E-state index contributed by atoms with van der Waals surface area (Å²) in [7, 11) is 0. The Labute approximate surface area is 209 Å². The van der Waals surface area contributed by atoms with Crippen molar-refractivity contribution in [2.45, 2.75) is 45.3 Å². The second kappa shape index (κ2) is 12.2. The number of carboxylic acids is 1. The zero-order valence-corrected chi connectivity index (χ0v) is 20.4. The Balaban J connectivity index is 1.65. The Kier molecular flexibility index (Phi) is 9.04. The molecule has 7 heteroatoms. The number of benzene rings is 3. The van der Waals surface area contributed by atoms with Crippen LogP contribution in [-0.2, 0) is 17.6 Å². The summed E-state index contributed by atoms with van der Waals surface area (Å²) in [4.78, 5) is 36.6. The van der Waals surface area contributed by atoms with E-state index in [1.807, 2.05) is 56.3 Å². The number of Topliss-reactive ketones (excluding diaryl/α,β-unsaturated/α-hetero) is 1. The monoisotopic (exact) mass is 493 g/mol. The van der Waals surface area contributed by atoms with Gasteiger partial charge in [-0.2, -0.15) is 0 Å². The van der Waals surface area contributed by atoms with Gasteiger partial charge in [-0.05, 0) is 49.6 Å². The number of carbonyl (C=O) groups excluding carboxylic acids is 2. The Morgan fingerprint density at radius 2 is 1.57 bits per heavy atom. The molecule has 0 saturated heterocycles. The molecule has 0 bridgehead atoms. The third kappa shape index (κ3) is 7.97. The van der Waals surface area contributed by atoms with Crippen LogP contribution in [0.2, 0.25) is 5.02 Å². The fraction of sp³-hybridized carbons (Fsp3) is 0.250. The maximum absolute atomic E-state index is 12.8. The lowest BCUT2D eigenvalue weighted by molar-refractivity contribution is -0.137. The van der Waals surface area contributed by atoms with Crippen molar-refractivity contribution in [3.63, 3.8) is 0 Å². The highest BCUT2D eigenvalue weighted by Crippen LogP contribution is 2.26. The first-order chi connectivity index (χ1) is 16.7. The van der Waals surface area contributed by atoms with Crippen LogP contribution in [-0.4, -0.2) is 34.9 Å². The normalized spacial score (nSPS) is 11.7. The summed E-state index contributed by atoms with van der Waals surface area (Å²) in [5.41, 5.74) is 2.69. The number of carboxylic acid groups (broad SMARTS) is 1. The van der Waals surface area contributed by atoms with Crippen LogP contribution in [0, 0.1) is 0 Å². The number of ketones is 1. The van der Waals surface area contributed by atoms with Gasteiger partial charge in [-0.3, -0.25) is 14.4 Å². The van der Waals surface area contributed by atoms with Gasteiger partial charge in [-0.15, -0.1) is 0 Å². The summed E-state index contributed by atoms with van der Waals surface area (Å²) in [6, 6.07) is 20.6. The number of halogens is 1. The van der Waals surface area contributed by atoms with Crippen LogP contribution in [0.1, 0.15) is 52.1 Å². The smallest absolute Gasteiger partial charge is 0.305 e.